The number of nitrogens with zero attached hydrogens (tertiary/aromatic N) is 1. The molecule has 6 heteroatoms. The van der Waals surface area contributed by atoms with E-state index in [9.17, 15) is 9.90 Å². The van der Waals surface area contributed by atoms with Crippen molar-refractivity contribution >= 4 is 28.5 Å². The number of rotatable bonds is 7. The highest BCUT2D eigenvalue weighted by atomic mass is 35.5. The summed E-state index contributed by atoms with van der Waals surface area (Å²) < 4.78 is 10.8. The first kappa shape index (κ1) is 19.3. The van der Waals surface area contributed by atoms with Crippen LogP contribution in [0.3, 0.4) is 0 Å². The van der Waals surface area contributed by atoms with Crippen molar-refractivity contribution in [1.29, 1.82) is 0 Å². The molecule has 2 unspecified atom stereocenters. The van der Waals surface area contributed by atoms with Gasteiger partial charge in [-0.05, 0) is 32.2 Å². The Bertz CT molecular complexity index is 699. The smallest absolute Gasteiger partial charge is 0.411 e. The number of fused-ring (bicyclic) bond motifs is 1. The number of ether oxygens (including phenoxy) is 2. The molecule has 25 heavy (non-hydrogen) atoms. The number of hydrogen-bond donors (Lipinski definition) is 1. The van der Waals surface area contributed by atoms with E-state index in [0.29, 0.717) is 5.75 Å². The van der Waals surface area contributed by atoms with E-state index in [2.05, 4.69) is 0 Å². The van der Waals surface area contributed by atoms with Gasteiger partial charge in [0.1, 0.15) is 18.5 Å². The Morgan fingerprint density at radius 2 is 1.84 bits per heavy atom. The van der Waals surface area contributed by atoms with Gasteiger partial charge in [-0.1, -0.05) is 48.0 Å². The number of alkyl halides is 1. The molecule has 0 fully saturated rings. The van der Waals surface area contributed by atoms with Gasteiger partial charge in [-0.15, -0.1) is 0 Å². The lowest BCUT2D eigenvalue weighted by Crippen LogP contribution is -2.44. The van der Waals surface area contributed by atoms with Crippen LogP contribution in [0.25, 0.3) is 10.8 Å². The molecule has 0 aliphatic carbocycles. The van der Waals surface area contributed by atoms with E-state index >= 15 is 0 Å². The molecule has 136 valence electrons. The molecular weight excluding hydrogens is 342 g/mol. The van der Waals surface area contributed by atoms with Crippen molar-refractivity contribution in [3.63, 3.8) is 0 Å². The van der Waals surface area contributed by atoms with E-state index in [1.165, 1.54) is 4.90 Å². The van der Waals surface area contributed by atoms with Gasteiger partial charge < -0.3 is 19.5 Å². The van der Waals surface area contributed by atoms with Gasteiger partial charge in [0.25, 0.3) is 0 Å². The molecule has 2 atom stereocenters. The molecule has 0 aliphatic heterocycles. The maximum atomic E-state index is 12.0. The lowest BCUT2D eigenvalue weighted by molar-refractivity contribution is 0.0402. The first-order valence-corrected chi connectivity index (χ1v) is 8.72. The van der Waals surface area contributed by atoms with Crippen LogP contribution in [0, 0.1) is 0 Å². The van der Waals surface area contributed by atoms with Crippen LogP contribution >= 0.6 is 11.6 Å². The van der Waals surface area contributed by atoms with Crippen molar-refractivity contribution in [2.45, 2.75) is 38.5 Å². The Balaban J connectivity index is 1.98. The summed E-state index contributed by atoms with van der Waals surface area (Å²) in [6.07, 6.45) is -1.40. The second kappa shape index (κ2) is 8.92. The number of amides is 1. The molecule has 0 bridgehead atoms. The highest BCUT2D eigenvalue weighted by molar-refractivity contribution is 6.19. The van der Waals surface area contributed by atoms with E-state index in [1.807, 2.05) is 56.3 Å². The third-order valence-corrected chi connectivity index (χ3v) is 3.80. The van der Waals surface area contributed by atoms with E-state index < -0.39 is 17.8 Å². The predicted octanol–water partition coefficient (Wildman–Crippen LogP) is 4.01. The quantitative estimate of drug-likeness (QED) is 0.753. The molecule has 0 spiro atoms. The second-order valence-electron chi connectivity index (χ2n) is 6.11. The SMILES string of the molecule is CC(Cl)OC(=O)N(CC(O)COc1cccc2ccccc12)C(C)C. The molecule has 2 aromatic rings. The molecule has 0 saturated heterocycles. The standard InChI is InChI=1S/C19H24ClNO4/c1-13(2)21(19(23)25-14(3)20)11-16(22)12-24-18-10-6-8-15-7-4-5-9-17(15)18/h4-10,13-14,16,22H,11-12H2,1-3H3. The van der Waals surface area contributed by atoms with Gasteiger partial charge in [0.05, 0.1) is 6.54 Å². The summed E-state index contributed by atoms with van der Waals surface area (Å²) in [5.41, 5.74) is -0.724. The van der Waals surface area contributed by atoms with Crippen LogP contribution in [0.1, 0.15) is 20.8 Å². The molecular formula is C19H24ClNO4. The van der Waals surface area contributed by atoms with Crippen LogP contribution in [0.4, 0.5) is 4.79 Å². The fourth-order valence-corrected chi connectivity index (χ4v) is 2.57. The number of hydrogen-bond acceptors (Lipinski definition) is 4. The van der Waals surface area contributed by atoms with E-state index in [4.69, 9.17) is 21.1 Å². The zero-order chi connectivity index (χ0) is 18.4. The van der Waals surface area contributed by atoms with Crippen molar-refractivity contribution in [3.05, 3.63) is 42.5 Å². The maximum Gasteiger partial charge on any atom is 0.411 e. The van der Waals surface area contributed by atoms with Gasteiger partial charge in [0, 0.05) is 11.4 Å². The summed E-state index contributed by atoms with van der Waals surface area (Å²) in [5, 5.41) is 12.3. The molecule has 1 N–H and O–H groups in total. The summed E-state index contributed by atoms with van der Waals surface area (Å²) >= 11 is 5.70. The van der Waals surface area contributed by atoms with E-state index in [-0.39, 0.29) is 19.2 Å². The molecule has 0 radical (unpaired) electrons. The molecule has 0 aromatic heterocycles. The molecule has 2 aromatic carbocycles. The first-order chi connectivity index (χ1) is 11.9. The number of aliphatic hydroxyl groups is 1. The highest BCUT2D eigenvalue weighted by Crippen LogP contribution is 2.25. The zero-order valence-electron chi connectivity index (χ0n) is 14.7. The van der Waals surface area contributed by atoms with Crippen molar-refractivity contribution in [2.24, 2.45) is 0 Å². The zero-order valence-corrected chi connectivity index (χ0v) is 15.4. The molecule has 1 amide bonds. The molecule has 0 heterocycles. The van der Waals surface area contributed by atoms with Gasteiger partial charge >= 0.3 is 6.09 Å². The Hall–Kier alpha value is -1.98. The Kier molecular flexibility index (Phi) is 6.91. The largest absolute Gasteiger partial charge is 0.490 e. The van der Waals surface area contributed by atoms with Crippen molar-refractivity contribution in [1.82, 2.24) is 4.90 Å². The van der Waals surface area contributed by atoms with Crippen LogP contribution in [0.15, 0.2) is 42.5 Å². The average Bonchev–Trinajstić information content (AvgIpc) is 2.56. The second-order valence-corrected chi connectivity index (χ2v) is 6.73. The molecule has 5 nitrogen and oxygen atoms in total. The fourth-order valence-electron chi connectivity index (χ4n) is 2.49. The Morgan fingerprint density at radius 1 is 1.16 bits per heavy atom. The average molecular weight is 366 g/mol. The van der Waals surface area contributed by atoms with Crippen LogP contribution in [-0.2, 0) is 4.74 Å². The van der Waals surface area contributed by atoms with Gasteiger partial charge in [0.2, 0.25) is 0 Å². The van der Waals surface area contributed by atoms with Crippen LogP contribution in [0.5, 0.6) is 5.75 Å². The molecule has 0 saturated carbocycles. The topological polar surface area (TPSA) is 59.0 Å². The number of halogens is 1. The fraction of sp³-hybridized carbons (Fsp3) is 0.421. The number of aliphatic hydroxyl groups excluding tert-OH is 1. The van der Waals surface area contributed by atoms with Crippen LogP contribution in [-0.4, -0.2) is 47.0 Å². The number of benzene rings is 2. The minimum atomic E-state index is -0.848. The highest BCUT2D eigenvalue weighted by Gasteiger charge is 2.23. The summed E-state index contributed by atoms with van der Waals surface area (Å²) in [5.74, 6) is 0.699. The summed E-state index contributed by atoms with van der Waals surface area (Å²) in [6, 6.07) is 13.5. The van der Waals surface area contributed by atoms with Crippen molar-refractivity contribution < 1.29 is 19.4 Å². The van der Waals surface area contributed by atoms with Gasteiger partial charge in [-0.2, -0.15) is 0 Å². The minimum absolute atomic E-state index is 0.0704. The Morgan fingerprint density at radius 3 is 2.52 bits per heavy atom. The monoisotopic (exact) mass is 365 g/mol. The third-order valence-electron chi connectivity index (χ3n) is 3.71. The van der Waals surface area contributed by atoms with Gasteiger partial charge in [-0.25, -0.2) is 4.79 Å². The lowest BCUT2D eigenvalue weighted by atomic mass is 10.1. The minimum Gasteiger partial charge on any atom is -0.490 e. The first-order valence-electron chi connectivity index (χ1n) is 8.28. The maximum absolute atomic E-state index is 12.0. The molecule has 0 aliphatic rings. The van der Waals surface area contributed by atoms with Crippen molar-refractivity contribution in [2.75, 3.05) is 13.2 Å². The predicted molar refractivity (Wildman–Crippen MR) is 99.1 cm³/mol. The summed E-state index contributed by atoms with van der Waals surface area (Å²) in [4.78, 5) is 13.5. The van der Waals surface area contributed by atoms with Crippen LogP contribution in [0.2, 0.25) is 0 Å². The summed E-state index contributed by atoms with van der Waals surface area (Å²) in [6.45, 7) is 5.43. The van der Waals surface area contributed by atoms with Crippen LogP contribution < -0.4 is 4.74 Å². The van der Waals surface area contributed by atoms with Crippen molar-refractivity contribution in [3.8, 4) is 5.75 Å². The summed E-state index contributed by atoms with van der Waals surface area (Å²) in [7, 11) is 0. The normalized spacial score (nSPS) is 13.5. The van der Waals surface area contributed by atoms with E-state index in [1.54, 1.807) is 6.92 Å². The third kappa shape index (κ3) is 5.51. The number of carbonyl (C=O) groups is 1. The van der Waals surface area contributed by atoms with Gasteiger partial charge in [-0.3, -0.25) is 0 Å². The number of carbonyl (C=O) groups excluding carboxylic acids is 1. The lowest BCUT2D eigenvalue weighted by Gasteiger charge is -2.28. The van der Waals surface area contributed by atoms with E-state index in [0.717, 1.165) is 10.8 Å². The Labute approximate surface area is 153 Å². The van der Waals surface area contributed by atoms with Gasteiger partial charge in [0.15, 0.2) is 5.56 Å². The molecule has 2 rings (SSSR count).